The number of nitrogens with zero attached hydrogens (tertiary/aromatic N) is 3. The van der Waals surface area contributed by atoms with Gasteiger partial charge in [0.25, 0.3) is 0 Å². The SMILES string of the molecule is Clc1ccc(-c2ccc(C3CC(c4ccc(Cl)nc4)N=N3)cc2)cc1. The first-order valence-electron chi connectivity index (χ1n) is 8.06. The summed E-state index contributed by atoms with van der Waals surface area (Å²) in [5.41, 5.74) is 4.53. The molecular formula is C20H15Cl2N3. The predicted octanol–water partition coefficient (Wildman–Crippen LogP) is 6.69. The average Bonchev–Trinajstić information content (AvgIpc) is 3.13. The quantitative estimate of drug-likeness (QED) is 0.474. The van der Waals surface area contributed by atoms with Crippen molar-refractivity contribution in [2.24, 2.45) is 10.2 Å². The van der Waals surface area contributed by atoms with Gasteiger partial charge in [0.05, 0.1) is 12.1 Å². The van der Waals surface area contributed by atoms with Crippen molar-refractivity contribution in [1.82, 2.24) is 4.98 Å². The molecule has 1 aromatic heterocycles. The topological polar surface area (TPSA) is 37.6 Å². The van der Waals surface area contributed by atoms with Crippen molar-refractivity contribution in [2.45, 2.75) is 18.5 Å². The minimum atomic E-state index is 0.0470. The summed E-state index contributed by atoms with van der Waals surface area (Å²) >= 11 is 11.8. The van der Waals surface area contributed by atoms with Gasteiger partial charge in [-0.25, -0.2) is 4.98 Å². The molecule has 1 aliphatic heterocycles. The summed E-state index contributed by atoms with van der Waals surface area (Å²) in [6.45, 7) is 0. The fraction of sp³-hybridized carbons (Fsp3) is 0.150. The van der Waals surface area contributed by atoms with E-state index in [0.717, 1.165) is 28.1 Å². The molecule has 2 aromatic carbocycles. The van der Waals surface area contributed by atoms with Crippen LogP contribution in [0.25, 0.3) is 11.1 Å². The van der Waals surface area contributed by atoms with Gasteiger partial charge in [0.2, 0.25) is 0 Å². The van der Waals surface area contributed by atoms with Crippen LogP contribution < -0.4 is 0 Å². The third kappa shape index (κ3) is 3.58. The van der Waals surface area contributed by atoms with Gasteiger partial charge in [0.15, 0.2) is 0 Å². The van der Waals surface area contributed by atoms with E-state index < -0.39 is 0 Å². The van der Waals surface area contributed by atoms with Gasteiger partial charge in [0.1, 0.15) is 5.15 Å². The first-order valence-corrected chi connectivity index (χ1v) is 8.82. The maximum absolute atomic E-state index is 5.95. The molecule has 0 amide bonds. The maximum atomic E-state index is 5.95. The van der Waals surface area contributed by atoms with E-state index in [4.69, 9.17) is 23.2 Å². The van der Waals surface area contributed by atoms with Crippen LogP contribution in [0.4, 0.5) is 0 Å². The second-order valence-electron chi connectivity index (χ2n) is 6.04. The predicted molar refractivity (Wildman–Crippen MR) is 101 cm³/mol. The lowest BCUT2D eigenvalue weighted by Gasteiger charge is -2.10. The highest BCUT2D eigenvalue weighted by molar-refractivity contribution is 6.30. The number of hydrogen-bond donors (Lipinski definition) is 0. The number of benzene rings is 2. The minimum Gasteiger partial charge on any atom is -0.244 e. The Labute approximate surface area is 156 Å². The fourth-order valence-corrected chi connectivity index (χ4v) is 3.23. The normalized spacial score (nSPS) is 19.3. The van der Waals surface area contributed by atoms with Crippen molar-refractivity contribution in [1.29, 1.82) is 0 Å². The molecule has 2 atom stereocenters. The summed E-state index contributed by atoms with van der Waals surface area (Å²) in [5.74, 6) is 0. The molecule has 0 saturated carbocycles. The van der Waals surface area contributed by atoms with Crippen LogP contribution in [0.15, 0.2) is 77.1 Å². The third-order valence-electron chi connectivity index (χ3n) is 4.40. The monoisotopic (exact) mass is 367 g/mol. The Kier molecular flexibility index (Phi) is 4.51. The van der Waals surface area contributed by atoms with Crippen LogP contribution in [0.3, 0.4) is 0 Å². The first kappa shape index (κ1) is 16.2. The summed E-state index contributed by atoms with van der Waals surface area (Å²) in [6.07, 6.45) is 2.63. The van der Waals surface area contributed by atoms with Crippen molar-refractivity contribution < 1.29 is 0 Å². The smallest absolute Gasteiger partial charge is 0.129 e. The number of hydrogen-bond acceptors (Lipinski definition) is 3. The molecule has 4 rings (SSSR count). The Balaban J connectivity index is 1.49. The van der Waals surface area contributed by atoms with E-state index in [0.29, 0.717) is 5.15 Å². The highest BCUT2D eigenvalue weighted by atomic mass is 35.5. The molecule has 0 bridgehead atoms. The van der Waals surface area contributed by atoms with Crippen LogP contribution in [0.2, 0.25) is 10.2 Å². The van der Waals surface area contributed by atoms with E-state index in [-0.39, 0.29) is 12.1 Å². The van der Waals surface area contributed by atoms with Crippen molar-refractivity contribution in [3.63, 3.8) is 0 Å². The highest BCUT2D eigenvalue weighted by Crippen LogP contribution is 2.39. The number of azo groups is 1. The second-order valence-corrected chi connectivity index (χ2v) is 6.87. The molecule has 2 heterocycles. The molecule has 0 fully saturated rings. The van der Waals surface area contributed by atoms with Gasteiger partial charge in [0, 0.05) is 17.6 Å². The number of halogens is 2. The molecule has 0 saturated heterocycles. The lowest BCUT2D eigenvalue weighted by atomic mass is 9.96. The van der Waals surface area contributed by atoms with Crippen molar-refractivity contribution >= 4 is 23.2 Å². The van der Waals surface area contributed by atoms with Crippen LogP contribution in [0.5, 0.6) is 0 Å². The summed E-state index contributed by atoms with van der Waals surface area (Å²) in [5, 5.41) is 10.1. The molecular weight excluding hydrogens is 353 g/mol. The number of aromatic nitrogens is 1. The summed E-state index contributed by atoms with van der Waals surface area (Å²) < 4.78 is 0. The molecule has 0 spiro atoms. The molecule has 5 heteroatoms. The molecule has 0 radical (unpaired) electrons. The average molecular weight is 368 g/mol. The largest absolute Gasteiger partial charge is 0.244 e. The molecule has 0 aliphatic carbocycles. The fourth-order valence-electron chi connectivity index (χ4n) is 3.00. The van der Waals surface area contributed by atoms with E-state index in [1.807, 2.05) is 30.3 Å². The lowest BCUT2D eigenvalue weighted by Crippen LogP contribution is -1.97. The van der Waals surface area contributed by atoms with Crippen LogP contribution in [-0.2, 0) is 0 Å². The molecule has 2 unspecified atom stereocenters. The standard InChI is InChI=1S/C20H15Cl2N3/c21-17-8-5-14(6-9-17)13-1-3-15(4-2-13)18-11-19(25-24-18)16-7-10-20(22)23-12-16/h1-10,12,18-19H,11H2. The minimum absolute atomic E-state index is 0.0470. The molecule has 3 nitrogen and oxygen atoms in total. The Bertz CT molecular complexity index is 888. The zero-order valence-electron chi connectivity index (χ0n) is 13.3. The molecule has 25 heavy (non-hydrogen) atoms. The van der Waals surface area contributed by atoms with E-state index in [1.54, 1.807) is 12.3 Å². The van der Waals surface area contributed by atoms with E-state index in [2.05, 4.69) is 39.5 Å². The van der Waals surface area contributed by atoms with Crippen molar-refractivity contribution in [2.75, 3.05) is 0 Å². The first-order chi connectivity index (χ1) is 12.2. The molecule has 1 aliphatic rings. The Hall–Kier alpha value is -2.23. The van der Waals surface area contributed by atoms with Crippen LogP contribution >= 0.6 is 23.2 Å². The van der Waals surface area contributed by atoms with Gasteiger partial charge in [-0.1, -0.05) is 65.7 Å². The van der Waals surface area contributed by atoms with Gasteiger partial charge in [-0.2, -0.15) is 10.2 Å². The second kappa shape index (κ2) is 6.95. The third-order valence-corrected chi connectivity index (χ3v) is 4.88. The van der Waals surface area contributed by atoms with Gasteiger partial charge in [-0.15, -0.1) is 0 Å². The molecule has 0 N–H and O–H groups in total. The van der Waals surface area contributed by atoms with Crippen LogP contribution in [0.1, 0.15) is 29.6 Å². The van der Waals surface area contributed by atoms with Gasteiger partial charge in [-0.05, 0) is 40.5 Å². The highest BCUT2D eigenvalue weighted by Gasteiger charge is 2.25. The van der Waals surface area contributed by atoms with Crippen LogP contribution in [-0.4, -0.2) is 4.98 Å². The summed E-state index contributed by atoms with van der Waals surface area (Å²) in [4.78, 5) is 4.13. The maximum Gasteiger partial charge on any atom is 0.129 e. The van der Waals surface area contributed by atoms with Crippen molar-refractivity contribution in [3.8, 4) is 11.1 Å². The molecule has 124 valence electrons. The van der Waals surface area contributed by atoms with E-state index >= 15 is 0 Å². The summed E-state index contributed by atoms with van der Waals surface area (Å²) in [6, 6.07) is 20.2. The number of pyridine rings is 1. The van der Waals surface area contributed by atoms with Gasteiger partial charge < -0.3 is 0 Å². The Morgan fingerprint density at radius 3 is 1.84 bits per heavy atom. The lowest BCUT2D eigenvalue weighted by molar-refractivity contribution is 0.657. The van der Waals surface area contributed by atoms with Crippen molar-refractivity contribution in [3.05, 3.63) is 88.2 Å². The zero-order chi connectivity index (χ0) is 17.2. The zero-order valence-corrected chi connectivity index (χ0v) is 14.8. The van der Waals surface area contributed by atoms with E-state index in [9.17, 15) is 0 Å². The van der Waals surface area contributed by atoms with Crippen LogP contribution in [0, 0.1) is 0 Å². The Morgan fingerprint density at radius 2 is 1.24 bits per heavy atom. The Morgan fingerprint density at radius 1 is 0.680 bits per heavy atom. The van der Waals surface area contributed by atoms with E-state index in [1.165, 1.54) is 5.56 Å². The number of rotatable bonds is 3. The molecule has 3 aromatic rings. The van der Waals surface area contributed by atoms with Gasteiger partial charge in [-0.3, -0.25) is 0 Å². The summed E-state index contributed by atoms with van der Waals surface area (Å²) in [7, 11) is 0. The van der Waals surface area contributed by atoms with Gasteiger partial charge >= 0.3 is 0 Å².